The molecule has 1 aliphatic rings. The Morgan fingerprint density at radius 3 is 2.83 bits per heavy atom. The molecule has 3 heterocycles. The van der Waals surface area contributed by atoms with Gasteiger partial charge in [-0.2, -0.15) is 5.10 Å². The number of nitrogen functional groups attached to an aromatic ring is 1. The minimum absolute atomic E-state index is 0.624. The maximum absolute atomic E-state index is 5.91. The van der Waals surface area contributed by atoms with Gasteiger partial charge in [-0.3, -0.25) is 4.68 Å². The molecule has 7 heteroatoms. The summed E-state index contributed by atoms with van der Waals surface area (Å²) < 4.78 is 7.17. The predicted octanol–water partition coefficient (Wildman–Crippen LogP) is 2.64. The van der Waals surface area contributed by atoms with E-state index in [0.29, 0.717) is 11.7 Å². The highest BCUT2D eigenvalue weighted by atomic mass is 32.1. The monoisotopic (exact) mass is 341 g/mol. The second-order valence-electron chi connectivity index (χ2n) is 5.91. The molecule has 0 unspecified atom stereocenters. The summed E-state index contributed by atoms with van der Waals surface area (Å²) in [5, 5.41) is 5.40. The van der Waals surface area contributed by atoms with E-state index >= 15 is 0 Å². The van der Waals surface area contributed by atoms with Crippen molar-refractivity contribution in [1.29, 1.82) is 0 Å². The van der Waals surface area contributed by atoms with Crippen LogP contribution in [0.15, 0.2) is 30.5 Å². The topological polar surface area (TPSA) is 69.2 Å². The van der Waals surface area contributed by atoms with Crippen molar-refractivity contribution in [3.63, 3.8) is 0 Å². The summed E-state index contributed by atoms with van der Waals surface area (Å²) in [6.45, 7) is 1.63. The molecule has 0 atom stereocenters. The van der Waals surface area contributed by atoms with Crippen LogP contribution in [-0.2, 0) is 13.0 Å². The summed E-state index contributed by atoms with van der Waals surface area (Å²) in [6.07, 6.45) is 3.02. The fourth-order valence-electron chi connectivity index (χ4n) is 2.98. The van der Waals surface area contributed by atoms with Crippen LogP contribution in [-0.4, -0.2) is 35.5 Å². The number of hydrogen-bond donors (Lipinski definition) is 1. The van der Waals surface area contributed by atoms with Crippen molar-refractivity contribution in [2.24, 2.45) is 0 Å². The zero-order chi connectivity index (χ0) is 16.7. The molecule has 4 rings (SSSR count). The molecular weight excluding hydrogens is 322 g/mol. The fraction of sp³-hybridized carbons (Fsp3) is 0.294. The van der Waals surface area contributed by atoms with Gasteiger partial charge in [-0.1, -0.05) is 12.1 Å². The predicted molar refractivity (Wildman–Crippen MR) is 96.8 cm³/mol. The Balaban J connectivity index is 1.69. The second kappa shape index (κ2) is 5.83. The molecule has 0 bridgehead atoms. The molecular formula is C17H19N5OS. The van der Waals surface area contributed by atoms with Crippen LogP contribution in [0.5, 0.6) is 5.75 Å². The zero-order valence-corrected chi connectivity index (χ0v) is 14.5. The van der Waals surface area contributed by atoms with E-state index in [9.17, 15) is 0 Å². The number of aromatic nitrogens is 3. The first-order valence-electron chi connectivity index (χ1n) is 7.81. The number of rotatable bonds is 3. The molecule has 0 saturated carbocycles. The highest BCUT2D eigenvalue weighted by Crippen LogP contribution is 2.38. The molecule has 24 heavy (non-hydrogen) atoms. The van der Waals surface area contributed by atoms with Crippen LogP contribution in [0.3, 0.4) is 0 Å². The van der Waals surface area contributed by atoms with Gasteiger partial charge in [0.25, 0.3) is 0 Å². The van der Waals surface area contributed by atoms with Crippen LogP contribution in [0.4, 0.5) is 10.9 Å². The third-order valence-electron chi connectivity index (χ3n) is 4.25. The summed E-state index contributed by atoms with van der Waals surface area (Å²) >= 11 is 1.58. The van der Waals surface area contributed by atoms with Crippen molar-refractivity contribution < 1.29 is 4.74 Å². The molecule has 0 saturated heterocycles. The largest absolute Gasteiger partial charge is 0.497 e. The lowest BCUT2D eigenvalue weighted by Gasteiger charge is -2.14. The molecule has 0 aliphatic carbocycles. The van der Waals surface area contributed by atoms with Crippen LogP contribution in [0, 0.1) is 0 Å². The maximum Gasteiger partial charge on any atom is 0.180 e. The van der Waals surface area contributed by atoms with Gasteiger partial charge in [-0.15, -0.1) is 11.3 Å². The molecule has 0 fully saturated rings. The van der Waals surface area contributed by atoms with E-state index in [-0.39, 0.29) is 0 Å². The van der Waals surface area contributed by atoms with E-state index in [1.807, 2.05) is 16.8 Å². The van der Waals surface area contributed by atoms with E-state index in [1.165, 1.54) is 10.4 Å². The van der Waals surface area contributed by atoms with Gasteiger partial charge in [0.15, 0.2) is 10.9 Å². The zero-order valence-electron chi connectivity index (χ0n) is 13.7. The summed E-state index contributed by atoms with van der Waals surface area (Å²) in [6, 6.07) is 8.05. The molecule has 1 aromatic carbocycles. The number of thiazole rings is 1. The van der Waals surface area contributed by atoms with Gasteiger partial charge in [0, 0.05) is 31.1 Å². The Kier molecular flexibility index (Phi) is 3.65. The molecule has 3 aromatic rings. The third kappa shape index (κ3) is 2.60. The second-order valence-corrected chi connectivity index (χ2v) is 7.02. The number of nitrogens with two attached hydrogens (primary N) is 1. The van der Waals surface area contributed by atoms with Crippen LogP contribution in [0.25, 0.3) is 11.3 Å². The van der Waals surface area contributed by atoms with E-state index < -0.39 is 0 Å². The molecule has 0 amide bonds. The lowest BCUT2D eigenvalue weighted by atomic mass is 10.2. The quantitative estimate of drug-likeness (QED) is 0.793. The Hall–Kier alpha value is -2.54. The summed E-state index contributed by atoms with van der Waals surface area (Å²) in [5.74, 6) is 1.82. The van der Waals surface area contributed by atoms with Crippen LogP contribution in [0.1, 0.15) is 10.4 Å². The van der Waals surface area contributed by atoms with Crippen molar-refractivity contribution in [2.75, 3.05) is 31.3 Å². The highest BCUT2D eigenvalue weighted by Gasteiger charge is 2.24. The Morgan fingerprint density at radius 2 is 2.08 bits per heavy atom. The molecule has 0 spiro atoms. The van der Waals surface area contributed by atoms with E-state index in [4.69, 9.17) is 15.6 Å². The smallest absolute Gasteiger partial charge is 0.180 e. The number of nitrogens with zero attached hydrogens (tertiary/aromatic N) is 4. The number of benzene rings is 1. The van der Waals surface area contributed by atoms with Crippen molar-refractivity contribution in [1.82, 2.24) is 14.8 Å². The van der Waals surface area contributed by atoms with Crippen LogP contribution in [0.2, 0.25) is 0 Å². The Labute approximate surface area is 144 Å². The van der Waals surface area contributed by atoms with Crippen molar-refractivity contribution in [3.05, 3.63) is 40.9 Å². The Morgan fingerprint density at radius 1 is 1.29 bits per heavy atom. The van der Waals surface area contributed by atoms with Crippen molar-refractivity contribution in [3.8, 4) is 17.0 Å². The average molecular weight is 341 g/mol. The van der Waals surface area contributed by atoms with E-state index in [0.717, 1.165) is 35.8 Å². The fourth-order valence-corrected chi connectivity index (χ4v) is 3.82. The van der Waals surface area contributed by atoms with E-state index in [1.54, 1.807) is 18.4 Å². The summed E-state index contributed by atoms with van der Waals surface area (Å²) in [7, 11) is 3.75. The Bertz CT molecular complexity index is 868. The number of ether oxygens (including phenoxy) is 1. The van der Waals surface area contributed by atoms with E-state index in [2.05, 4.69) is 35.3 Å². The molecule has 0 radical (unpaired) electrons. The van der Waals surface area contributed by atoms with Crippen LogP contribution < -0.4 is 15.4 Å². The molecule has 2 aromatic heterocycles. The van der Waals surface area contributed by atoms with Gasteiger partial charge in [0.2, 0.25) is 0 Å². The number of hydrogen-bond acceptors (Lipinski definition) is 6. The molecule has 2 N–H and O–H groups in total. The van der Waals surface area contributed by atoms with Gasteiger partial charge in [-0.25, -0.2) is 4.98 Å². The highest BCUT2D eigenvalue weighted by molar-refractivity contribution is 7.15. The lowest BCUT2D eigenvalue weighted by molar-refractivity contribution is 0.414. The first kappa shape index (κ1) is 15.0. The minimum atomic E-state index is 0.624. The van der Waals surface area contributed by atoms with Gasteiger partial charge >= 0.3 is 0 Å². The lowest BCUT2D eigenvalue weighted by Crippen LogP contribution is -2.20. The first-order chi connectivity index (χ1) is 11.6. The van der Waals surface area contributed by atoms with Gasteiger partial charge in [0.1, 0.15) is 5.75 Å². The summed E-state index contributed by atoms with van der Waals surface area (Å²) in [5.41, 5.74) is 9.13. The minimum Gasteiger partial charge on any atom is -0.497 e. The molecule has 6 nitrogen and oxygen atoms in total. The summed E-state index contributed by atoms with van der Waals surface area (Å²) in [4.78, 5) is 7.95. The standard InChI is InChI=1S/C17H19N5OS/c1-21-8-7-14-15(19-17(18)24-14)13-10-22(20-16(13)21)9-11-3-5-12(23-2)6-4-11/h3-6,10H,7-9H2,1-2H3,(H2,18,19). The maximum atomic E-state index is 5.91. The molecule has 124 valence electrons. The number of anilines is 2. The molecule has 1 aliphatic heterocycles. The van der Waals surface area contributed by atoms with Crippen molar-refractivity contribution >= 4 is 22.3 Å². The first-order valence-corrected chi connectivity index (χ1v) is 8.63. The van der Waals surface area contributed by atoms with Gasteiger partial charge in [0.05, 0.1) is 24.9 Å². The number of methoxy groups -OCH3 is 1. The number of likely N-dealkylation sites (N-methyl/N-ethyl adjacent to an activating group) is 1. The average Bonchev–Trinajstić information content (AvgIpc) is 3.14. The van der Waals surface area contributed by atoms with Crippen LogP contribution >= 0.6 is 11.3 Å². The third-order valence-corrected chi connectivity index (χ3v) is 5.19. The van der Waals surface area contributed by atoms with Gasteiger partial charge < -0.3 is 15.4 Å². The SMILES string of the molecule is COc1ccc(Cn2cc3c(n2)N(C)CCc2sc(N)nc2-3)cc1. The van der Waals surface area contributed by atoms with Crippen molar-refractivity contribution in [2.45, 2.75) is 13.0 Å². The normalized spacial score (nSPS) is 13.3. The van der Waals surface area contributed by atoms with Gasteiger partial charge in [-0.05, 0) is 17.7 Å². The number of fused-ring (bicyclic) bond motifs is 3.